The molecule has 15 heavy (non-hydrogen) atoms. The summed E-state index contributed by atoms with van der Waals surface area (Å²) >= 11 is 1.34. The van der Waals surface area contributed by atoms with Gasteiger partial charge >= 0.3 is 0 Å². The van der Waals surface area contributed by atoms with Crippen LogP contribution in [0.25, 0.3) is 10.2 Å². The fourth-order valence-corrected chi connectivity index (χ4v) is 2.02. The number of nitrogens with one attached hydrogen (secondary N) is 1. The number of carbonyl (C=O) groups is 1. The Morgan fingerprint density at radius 3 is 3.13 bits per heavy atom. The fourth-order valence-electron chi connectivity index (χ4n) is 1.16. The monoisotopic (exact) mass is 224 g/mol. The van der Waals surface area contributed by atoms with E-state index in [2.05, 4.69) is 10.3 Å². The van der Waals surface area contributed by atoms with Gasteiger partial charge in [0, 0.05) is 12.5 Å². The van der Waals surface area contributed by atoms with E-state index in [1.165, 1.54) is 23.5 Å². The Morgan fingerprint density at radius 1 is 1.60 bits per heavy atom. The van der Waals surface area contributed by atoms with Crippen LogP contribution in [0.4, 0.5) is 9.52 Å². The summed E-state index contributed by atoms with van der Waals surface area (Å²) in [7, 11) is 0. The van der Waals surface area contributed by atoms with Gasteiger partial charge in [-0.25, -0.2) is 9.37 Å². The lowest BCUT2D eigenvalue weighted by atomic mass is 10.3. The maximum Gasteiger partial charge on any atom is 0.225 e. The summed E-state index contributed by atoms with van der Waals surface area (Å²) in [5.74, 6) is -0.407. The van der Waals surface area contributed by atoms with Crippen LogP contribution in [0.15, 0.2) is 18.2 Å². The lowest BCUT2D eigenvalue weighted by Gasteiger charge is -1.95. The van der Waals surface area contributed by atoms with Gasteiger partial charge in [0.1, 0.15) is 5.82 Å². The highest BCUT2D eigenvalue weighted by Crippen LogP contribution is 2.26. The van der Waals surface area contributed by atoms with Crippen LogP contribution in [0.3, 0.4) is 0 Å². The number of thiazole rings is 1. The number of anilines is 1. The molecular formula is C10H9FN2OS. The second-order valence-corrected chi connectivity index (χ2v) is 4.06. The van der Waals surface area contributed by atoms with Crippen molar-refractivity contribution in [2.45, 2.75) is 13.3 Å². The summed E-state index contributed by atoms with van der Waals surface area (Å²) in [4.78, 5) is 15.2. The minimum absolute atomic E-state index is 0.0884. The lowest BCUT2D eigenvalue weighted by molar-refractivity contribution is -0.115. The molecule has 1 aromatic carbocycles. The van der Waals surface area contributed by atoms with Gasteiger partial charge in [-0.15, -0.1) is 0 Å². The first-order valence-electron chi connectivity index (χ1n) is 4.55. The van der Waals surface area contributed by atoms with E-state index in [0.717, 1.165) is 4.70 Å². The van der Waals surface area contributed by atoms with E-state index in [1.54, 1.807) is 13.0 Å². The molecule has 0 aliphatic carbocycles. The lowest BCUT2D eigenvalue weighted by Crippen LogP contribution is -2.08. The minimum atomic E-state index is -0.318. The Morgan fingerprint density at radius 2 is 2.40 bits per heavy atom. The van der Waals surface area contributed by atoms with E-state index in [0.29, 0.717) is 17.1 Å². The zero-order valence-corrected chi connectivity index (χ0v) is 8.90. The van der Waals surface area contributed by atoms with Crippen LogP contribution >= 0.6 is 11.3 Å². The summed E-state index contributed by atoms with van der Waals surface area (Å²) < 4.78 is 13.7. The molecular weight excluding hydrogens is 215 g/mol. The van der Waals surface area contributed by atoms with Crippen molar-refractivity contribution in [3.8, 4) is 0 Å². The molecule has 0 fully saturated rings. The SMILES string of the molecule is CCC(=O)Nc1nc2cc(F)ccc2s1. The zero-order chi connectivity index (χ0) is 10.8. The van der Waals surface area contributed by atoms with Gasteiger partial charge in [-0.1, -0.05) is 18.3 Å². The van der Waals surface area contributed by atoms with Crippen LogP contribution in [0.2, 0.25) is 0 Å². The number of carbonyl (C=O) groups excluding carboxylic acids is 1. The minimum Gasteiger partial charge on any atom is -0.302 e. The molecule has 0 spiro atoms. The fraction of sp³-hybridized carbons (Fsp3) is 0.200. The molecule has 0 aliphatic rings. The van der Waals surface area contributed by atoms with Crippen LogP contribution in [0.5, 0.6) is 0 Å². The highest BCUT2D eigenvalue weighted by Gasteiger charge is 2.06. The third kappa shape index (κ3) is 2.12. The summed E-state index contributed by atoms with van der Waals surface area (Å²) in [5, 5.41) is 3.16. The van der Waals surface area contributed by atoms with Gasteiger partial charge in [0.25, 0.3) is 0 Å². The number of rotatable bonds is 2. The number of nitrogens with zero attached hydrogens (tertiary/aromatic N) is 1. The molecule has 78 valence electrons. The van der Waals surface area contributed by atoms with Gasteiger partial charge in [0.15, 0.2) is 5.13 Å². The van der Waals surface area contributed by atoms with Crippen molar-refractivity contribution in [1.82, 2.24) is 4.98 Å². The number of fused-ring (bicyclic) bond motifs is 1. The smallest absolute Gasteiger partial charge is 0.225 e. The average molecular weight is 224 g/mol. The van der Waals surface area contributed by atoms with Crippen LogP contribution in [-0.2, 0) is 4.79 Å². The maximum absolute atomic E-state index is 12.9. The number of aromatic nitrogens is 1. The highest BCUT2D eigenvalue weighted by atomic mass is 32.1. The molecule has 0 saturated heterocycles. The first-order chi connectivity index (χ1) is 7.19. The van der Waals surface area contributed by atoms with E-state index in [9.17, 15) is 9.18 Å². The van der Waals surface area contributed by atoms with Crippen LogP contribution in [0.1, 0.15) is 13.3 Å². The summed E-state index contributed by atoms with van der Waals surface area (Å²) in [6.07, 6.45) is 0.407. The zero-order valence-electron chi connectivity index (χ0n) is 8.08. The molecule has 5 heteroatoms. The van der Waals surface area contributed by atoms with Crippen molar-refractivity contribution in [3.05, 3.63) is 24.0 Å². The third-order valence-electron chi connectivity index (χ3n) is 1.92. The molecule has 3 nitrogen and oxygen atoms in total. The standard InChI is InChI=1S/C10H9FN2OS/c1-2-9(14)13-10-12-7-5-6(11)3-4-8(7)15-10/h3-5H,2H2,1H3,(H,12,13,14). The molecule has 2 aromatic rings. The second kappa shape index (κ2) is 3.94. The summed E-state index contributed by atoms with van der Waals surface area (Å²) in [6.45, 7) is 1.77. The Balaban J connectivity index is 2.34. The molecule has 0 aliphatic heterocycles. The van der Waals surface area contributed by atoms with Crippen molar-refractivity contribution < 1.29 is 9.18 Å². The highest BCUT2D eigenvalue weighted by molar-refractivity contribution is 7.22. The van der Waals surface area contributed by atoms with Crippen LogP contribution in [-0.4, -0.2) is 10.9 Å². The van der Waals surface area contributed by atoms with E-state index in [1.807, 2.05) is 0 Å². The van der Waals surface area contributed by atoms with Crippen molar-refractivity contribution >= 4 is 32.6 Å². The quantitative estimate of drug-likeness (QED) is 0.852. The molecule has 0 saturated carbocycles. The molecule has 0 radical (unpaired) electrons. The molecule has 0 bridgehead atoms. The molecule has 2 rings (SSSR count). The summed E-state index contributed by atoms with van der Waals surface area (Å²) in [6, 6.07) is 4.39. The van der Waals surface area contributed by atoms with Gasteiger partial charge in [0.05, 0.1) is 10.2 Å². The van der Waals surface area contributed by atoms with Gasteiger partial charge in [-0.2, -0.15) is 0 Å². The van der Waals surface area contributed by atoms with Crippen molar-refractivity contribution in [1.29, 1.82) is 0 Å². The molecule has 1 N–H and O–H groups in total. The van der Waals surface area contributed by atoms with Gasteiger partial charge in [-0.05, 0) is 12.1 Å². The van der Waals surface area contributed by atoms with Gasteiger partial charge in [0.2, 0.25) is 5.91 Å². The predicted octanol–water partition coefficient (Wildman–Crippen LogP) is 2.78. The van der Waals surface area contributed by atoms with Crippen LogP contribution in [0, 0.1) is 5.82 Å². The van der Waals surface area contributed by atoms with Crippen LogP contribution < -0.4 is 5.32 Å². The Kier molecular flexibility index (Phi) is 2.64. The normalized spacial score (nSPS) is 10.5. The van der Waals surface area contributed by atoms with E-state index < -0.39 is 0 Å². The van der Waals surface area contributed by atoms with Crippen molar-refractivity contribution in [3.63, 3.8) is 0 Å². The maximum atomic E-state index is 12.9. The number of benzene rings is 1. The Bertz CT molecular complexity index is 509. The van der Waals surface area contributed by atoms with E-state index >= 15 is 0 Å². The topological polar surface area (TPSA) is 42.0 Å². The van der Waals surface area contributed by atoms with E-state index in [4.69, 9.17) is 0 Å². The second-order valence-electron chi connectivity index (χ2n) is 3.03. The van der Waals surface area contributed by atoms with Gasteiger partial charge in [-0.3, -0.25) is 4.79 Å². The molecule has 1 heterocycles. The average Bonchev–Trinajstić information content (AvgIpc) is 2.59. The van der Waals surface area contributed by atoms with Crippen molar-refractivity contribution in [2.24, 2.45) is 0 Å². The summed E-state index contributed by atoms with van der Waals surface area (Å²) in [5.41, 5.74) is 0.575. The molecule has 1 aromatic heterocycles. The first-order valence-corrected chi connectivity index (χ1v) is 5.36. The largest absolute Gasteiger partial charge is 0.302 e. The number of hydrogen-bond acceptors (Lipinski definition) is 3. The Labute approximate surface area is 89.9 Å². The van der Waals surface area contributed by atoms with E-state index in [-0.39, 0.29) is 11.7 Å². The molecule has 0 unspecified atom stereocenters. The number of hydrogen-bond donors (Lipinski definition) is 1. The number of amides is 1. The Hall–Kier alpha value is -1.49. The molecule has 1 amide bonds. The third-order valence-corrected chi connectivity index (χ3v) is 2.87. The molecule has 0 atom stereocenters. The van der Waals surface area contributed by atoms with Gasteiger partial charge < -0.3 is 5.32 Å². The predicted molar refractivity (Wildman–Crippen MR) is 58.5 cm³/mol. The first kappa shape index (κ1) is 10.0. The number of halogens is 1. The van der Waals surface area contributed by atoms with Crippen molar-refractivity contribution in [2.75, 3.05) is 5.32 Å².